The molecule has 0 unspecified atom stereocenters. The minimum atomic E-state index is -0.969. The van der Waals surface area contributed by atoms with Crippen molar-refractivity contribution in [1.29, 1.82) is 0 Å². The zero-order chi connectivity index (χ0) is 15.5. The SMILES string of the molecule is CCOC(=O)CCC(=O)N[C@@H](CCC(=O)OC)C(N)=O. The summed E-state index contributed by atoms with van der Waals surface area (Å²) in [6, 6.07) is -0.969. The summed E-state index contributed by atoms with van der Waals surface area (Å²) in [5.41, 5.74) is 5.12. The number of ether oxygens (including phenoxy) is 2. The molecular formula is C12H20N2O6. The summed E-state index contributed by atoms with van der Waals surface area (Å²) in [6.07, 6.45) is -0.182. The number of carbonyl (C=O) groups excluding carboxylic acids is 4. The topological polar surface area (TPSA) is 125 Å². The lowest BCUT2D eigenvalue weighted by Gasteiger charge is -2.14. The third kappa shape index (κ3) is 8.06. The van der Waals surface area contributed by atoms with Gasteiger partial charge in [0.05, 0.1) is 20.1 Å². The maximum Gasteiger partial charge on any atom is 0.306 e. The van der Waals surface area contributed by atoms with Crippen molar-refractivity contribution in [1.82, 2.24) is 5.32 Å². The molecule has 0 spiro atoms. The maximum atomic E-state index is 11.5. The van der Waals surface area contributed by atoms with Crippen LogP contribution >= 0.6 is 0 Å². The Morgan fingerprint density at radius 3 is 2.25 bits per heavy atom. The first-order valence-corrected chi connectivity index (χ1v) is 6.21. The van der Waals surface area contributed by atoms with Gasteiger partial charge in [-0.15, -0.1) is 0 Å². The summed E-state index contributed by atoms with van der Waals surface area (Å²) in [7, 11) is 1.22. The maximum absolute atomic E-state index is 11.5. The van der Waals surface area contributed by atoms with E-state index in [0.717, 1.165) is 0 Å². The van der Waals surface area contributed by atoms with Gasteiger partial charge in [0.25, 0.3) is 0 Å². The zero-order valence-electron chi connectivity index (χ0n) is 11.6. The molecule has 0 radical (unpaired) electrons. The van der Waals surface area contributed by atoms with Crippen LogP contribution < -0.4 is 11.1 Å². The quantitative estimate of drug-likeness (QED) is 0.538. The lowest BCUT2D eigenvalue weighted by molar-refractivity contribution is -0.144. The van der Waals surface area contributed by atoms with E-state index < -0.39 is 29.8 Å². The average Bonchev–Trinajstić information content (AvgIpc) is 2.40. The summed E-state index contributed by atoms with van der Waals surface area (Å²) in [5, 5.41) is 2.36. The lowest BCUT2D eigenvalue weighted by atomic mass is 10.1. The highest BCUT2D eigenvalue weighted by atomic mass is 16.5. The van der Waals surface area contributed by atoms with Crippen LogP contribution in [0.25, 0.3) is 0 Å². The Labute approximate surface area is 117 Å². The third-order valence-electron chi connectivity index (χ3n) is 2.40. The second-order valence-corrected chi connectivity index (χ2v) is 3.94. The molecule has 0 rings (SSSR count). The fourth-order valence-corrected chi connectivity index (χ4v) is 1.37. The van der Waals surface area contributed by atoms with Gasteiger partial charge in [-0.3, -0.25) is 19.2 Å². The van der Waals surface area contributed by atoms with Crippen molar-refractivity contribution in [2.45, 2.75) is 38.6 Å². The summed E-state index contributed by atoms with van der Waals surface area (Å²) in [4.78, 5) is 44.7. The summed E-state index contributed by atoms with van der Waals surface area (Å²) >= 11 is 0. The Morgan fingerprint density at radius 2 is 1.75 bits per heavy atom. The summed E-state index contributed by atoms with van der Waals surface area (Å²) < 4.78 is 9.09. The molecule has 0 saturated carbocycles. The van der Waals surface area contributed by atoms with Crippen LogP contribution in [0.2, 0.25) is 0 Å². The standard InChI is InChI=1S/C12H20N2O6/c1-3-20-11(17)7-5-9(15)14-8(12(13)18)4-6-10(16)19-2/h8H,3-7H2,1-2H3,(H2,13,18)(H,14,15)/t8-/m0/s1. The summed E-state index contributed by atoms with van der Waals surface area (Å²) in [6.45, 7) is 1.90. The zero-order valence-corrected chi connectivity index (χ0v) is 11.6. The fourth-order valence-electron chi connectivity index (χ4n) is 1.37. The van der Waals surface area contributed by atoms with E-state index in [0.29, 0.717) is 0 Å². The van der Waals surface area contributed by atoms with Crippen molar-refractivity contribution in [3.8, 4) is 0 Å². The van der Waals surface area contributed by atoms with Crippen LogP contribution in [0.15, 0.2) is 0 Å². The Kier molecular flexibility index (Phi) is 8.73. The van der Waals surface area contributed by atoms with E-state index in [1.165, 1.54) is 7.11 Å². The van der Waals surface area contributed by atoms with Gasteiger partial charge in [0.15, 0.2) is 0 Å². The first kappa shape index (κ1) is 17.9. The van der Waals surface area contributed by atoms with Gasteiger partial charge in [0.1, 0.15) is 6.04 Å². The molecule has 1 atom stereocenters. The first-order valence-electron chi connectivity index (χ1n) is 6.21. The van der Waals surface area contributed by atoms with Crippen LogP contribution in [0.1, 0.15) is 32.6 Å². The molecule has 0 aliphatic carbocycles. The number of hydrogen-bond donors (Lipinski definition) is 2. The highest BCUT2D eigenvalue weighted by molar-refractivity contribution is 5.88. The molecular weight excluding hydrogens is 268 g/mol. The van der Waals surface area contributed by atoms with Crippen molar-refractivity contribution in [3.05, 3.63) is 0 Å². The van der Waals surface area contributed by atoms with Gasteiger partial charge in [0, 0.05) is 12.8 Å². The smallest absolute Gasteiger partial charge is 0.306 e. The third-order valence-corrected chi connectivity index (χ3v) is 2.40. The second kappa shape index (κ2) is 9.76. The molecule has 2 amide bonds. The van der Waals surface area contributed by atoms with Crippen LogP contribution in [0, 0.1) is 0 Å². The molecule has 0 aliphatic heterocycles. The number of carbonyl (C=O) groups is 4. The normalized spacial score (nSPS) is 11.3. The molecule has 3 N–H and O–H groups in total. The highest BCUT2D eigenvalue weighted by Crippen LogP contribution is 2.01. The van der Waals surface area contributed by atoms with Gasteiger partial charge < -0.3 is 20.5 Å². The molecule has 8 heteroatoms. The van der Waals surface area contributed by atoms with Crippen molar-refractivity contribution < 1.29 is 28.7 Å². The predicted molar refractivity (Wildman–Crippen MR) is 68.2 cm³/mol. The minimum Gasteiger partial charge on any atom is -0.469 e. The molecule has 0 aromatic carbocycles. The van der Waals surface area contributed by atoms with Gasteiger partial charge in [-0.1, -0.05) is 0 Å². The lowest BCUT2D eigenvalue weighted by Crippen LogP contribution is -2.44. The first-order chi connectivity index (χ1) is 9.40. The molecule has 0 saturated heterocycles. The van der Waals surface area contributed by atoms with E-state index in [4.69, 9.17) is 5.73 Å². The van der Waals surface area contributed by atoms with Crippen LogP contribution in [-0.4, -0.2) is 43.5 Å². The largest absolute Gasteiger partial charge is 0.469 e. The van der Waals surface area contributed by atoms with E-state index >= 15 is 0 Å². The minimum absolute atomic E-state index is 0.0394. The van der Waals surface area contributed by atoms with Crippen molar-refractivity contribution in [2.24, 2.45) is 5.73 Å². The molecule has 8 nitrogen and oxygen atoms in total. The molecule has 0 aromatic rings. The Balaban J connectivity index is 4.17. The second-order valence-electron chi connectivity index (χ2n) is 3.94. The van der Waals surface area contributed by atoms with Crippen molar-refractivity contribution >= 4 is 23.8 Å². The number of esters is 2. The Morgan fingerprint density at radius 1 is 1.10 bits per heavy atom. The van der Waals surface area contributed by atoms with E-state index in [2.05, 4.69) is 14.8 Å². The number of nitrogens with two attached hydrogens (primary N) is 1. The Hall–Kier alpha value is -2.12. The van der Waals surface area contributed by atoms with E-state index in [1.54, 1.807) is 6.92 Å². The number of rotatable bonds is 9. The molecule has 114 valence electrons. The van der Waals surface area contributed by atoms with Gasteiger partial charge in [-0.25, -0.2) is 0 Å². The number of amides is 2. The molecule has 0 aliphatic rings. The molecule has 0 aromatic heterocycles. The number of primary amides is 1. The van der Waals surface area contributed by atoms with Crippen molar-refractivity contribution in [2.75, 3.05) is 13.7 Å². The molecule has 0 heterocycles. The van der Waals surface area contributed by atoms with Crippen LogP contribution in [0.3, 0.4) is 0 Å². The van der Waals surface area contributed by atoms with Crippen molar-refractivity contribution in [3.63, 3.8) is 0 Å². The average molecular weight is 288 g/mol. The number of nitrogens with one attached hydrogen (secondary N) is 1. The van der Waals surface area contributed by atoms with Gasteiger partial charge >= 0.3 is 11.9 Å². The number of hydrogen-bond acceptors (Lipinski definition) is 6. The monoisotopic (exact) mass is 288 g/mol. The van der Waals surface area contributed by atoms with Crippen LogP contribution in [0.4, 0.5) is 0 Å². The van der Waals surface area contributed by atoms with E-state index in [-0.39, 0.29) is 32.3 Å². The fraction of sp³-hybridized carbons (Fsp3) is 0.667. The summed E-state index contributed by atoms with van der Waals surface area (Å²) in [5.74, 6) is -2.25. The van der Waals surface area contributed by atoms with Crippen LogP contribution in [0.5, 0.6) is 0 Å². The van der Waals surface area contributed by atoms with E-state index in [1.807, 2.05) is 0 Å². The van der Waals surface area contributed by atoms with E-state index in [9.17, 15) is 19.2 Å². The van der Waals surface area contributed by atoms with Gasteiger partial charge in [0.2, 0.25) is 11.8 Å². The van der Waals surface area contributed by atoms with Gasteiger partial charge in [-0.2, -0.15) is 0 Å². The molecule has 0 bridgehead atoms. The molecule has 0 fully saturated rings. The molecule has 20 heavy (non-hydrogen) atoms. The number of methoxy groups -OCH3 is 1. The highest BCUT2D eigenvalue weighted by Gasteiger charge is 2.20. The predicted octanol–water partition coefficient (Wildman–Crippen LogP) is -0.747. The van der Waals surface area contributed by atoms with Crippen LogP contribution in [-0.2, 0) is 28.7 Å². The Bertz CT molecular complexity index is 369. The van der Waals surface area contributed by atoms with Gasteiger partial charge in [-0.05, 0) is 13.3 Å².